The van der Waals surface area contributed by atoms with Gasteiger partial charge in [-0.2, -0.15) is 0 Å². The van der Waals surface area contributed by atoms with Crippen LogP contribution in [0.4, 0.5) is 0 Å². The average Bonchev–Trinajstić information content (AvgIpc) is 2.40. The molecule has 0 radical (unpaired) electrons. The summed E-state index contributed by atoms with van der Waals surface area (Å²) in [7, 11) is 4.75. The van der Waals surface area contributed by atoms with E-state index >= 15 is 0 Å². The fraction of sp³-hybridized carbons (Fsp3) is 1.00. The van der Waals surface area contributed by atoms with E-state index in [1.165, 1.54) is 38.6 Å². The van der Waals surface area contributed by atoms with Crippen LogP contribution in [-0.2, 0) is 0 Å². The van der Waals surface area contributed by atoms with Crippen LogP contribution in [-0.4, -0.2) is 36.7 Å². The van der Waals surface area contributed by atoms with Gasteiger partial charge >= 0.3 is 0 Å². The first-order valence-electron chi connectivity index (χ1n) is 7.58. The minimum absolute atomic E-state index is 0.0474. The molecule has 0 aromatic rings. The maximum atomic E-state index is 5.75. The molecule has 0 aromatic heterocycles. The second-order valence-electron chi connectivity index (χ2n) is 6.52. The first-order chi connectivity index (χ1) is 8.37. The topological polar surface area (TPSA) is 12.0 Å². The van der Waals surface area contributed by atoms with E-state index in [2.05, 4.69) is 32.8 Å². The normalized spacial score (nSPS) is 18.2. The van der Waals surface area contributed by atoms with Gasteiger partial charge in [-0.1, -0.05) is 20.3 Å². The van der Waals surface area contributed by atoms with Gasteiger partial charge in [0.05, 0.1) is 26.7 Å². The molecule has 1 rings (SSSR count). The number of hydrogen-bond donors (Lipinski definition) is 1. The summed E-state index contributed by atoms with van der Waals surface area (Å²) in [6.45, 7) is 9.54. The summed E-state index contributed by atoms with van der Waals surface area (Å²) in [6.07, 6.45) is 8.21. The van der Waals surface area contributed by atoms with Crippen molar-refractivity contribution in [2.75, 3.05) is 20.6 Å². The zero-order valence-corrected chi connectivity index (χ0v) is 14.1. The average molecular weight is 278 g/mol. The quantitative estimate of drug-likeness (QED) is 0.582. The van der Waals surface area contributed by atoms with Crippen molar-refractivity contribution in [3.63, 3.8) is 0 Å². The van der Waals surface area contributed by atoms with Gasteiger partial charge in [-0.25, -0.2) is 4.84 Å². The number of halogens is 1. The standard InChI is InChI=1S/C13H28ClN2.C2H6/c1-13(2,15-14)10-11-16(3,4)12-8-6-5-7-9-12;1-2/h12,15H,5-11H2,1-4H3;1-2H3/q+1;. The lowest BCUT2D eigenvalue weighted by atomic mass is 9.92. The first-order valence-corrected chi connectivity index (χ1v) is 7.96. The molecule has 0 aromatic carbocycles. The van der Waals surface area contributed by atoms with Crippen molar-refractivity contribution in [3.8, 4) is 0 Å². The van der Waals surface area contributed by atoms with Crippen molar-refractivity contribution in [2.24, 2.45) is 0 Å². The highest BCUT2D eigenvalue weighted by molar-refractivity contribution is 6.13. The Morgan fingerprint density at radius 3 is 2.06 bits per heavy atom. The molecule has 1 aliphatic rings. The van der Waals surface area contributed by atoms with Crippen LogP contribution in [0.2, 0.25) is 0 Å². The van der Waals surface area contributed by atoms with Crippen molar-refractivity contribution < 1.29 is 4.48 Å². The molecule has 0 spiro atoms. The molecule has 0 unspecified atom stereocenters. The summed E-state index contributed by atoms with van der Waals surface area (Å²) in [6, 6.07) is 0.861. The Bertz CT molecular complexity index is 209. The lowest BCUT2D eigenvalue weighted by Crippen LogP contribution is -2.52. The van der Waals surface area contributed by atoms with Crippen LogP contribution >= 0.6 is 11.8 Å². The number of nitrogens with zero attached hydrogens (tertiary/aromatic N) is 1. The molecule has 2 nitrogen and oxygen atoms in total. The Morgan fingerprint density at radius 1 is 1.11 bits per heavy atom. The molecule has 1 N–H and O–H groups in total. The van der Waals surface area contributed by atoms with Crippen molar-refractivity contribution in [1.82, 2.24) is 4.84 Å². The Morgan fingerprint density at radius 2 is 1.61 bits per heavy atom. The molecule has 18 heavy (non-hydrogen) atoms. The zero-order chi connectivity index (χ0) is 14.2. The molecular weight excluding hydrogens is 244 g/mol. The maximum absolute atomic E-state index is 5.75. The Balaban J connectivity index is 0.00000137. The lowest BCUT2D eigenvalue weighted by molar-refractivity contribution is -0.917. The zero-order valence-electron chi connectivity index (χ0n) is 13.4. The highest BCUT2D eigenvalue weighted by atomic mass is 35.5. The number of rotatable bonds is 5. The van der Waals surface area contributed by atoms with E-state index in [-0.39, 0.29) is 5.54 Å². The van der Waals surface area contributed by atoms with E-state index in [1.54, 1.807) is 0 Å². The summed E-state index contributed by atoms with van der Waals surface area (Å²) in [5.41, 5.74) is 0.0474. The van der Waals surface area contributed by atoms with Gasteiger partial charge in [-0.3, -0.25) is 0 Å². The Kier molecular flexibility index (Phi) is 8.49. The van der Waals surface area contributed by atoms with E-state index in [0.29, 0.717) is 0 Å². The van der Waals surface area contributed by atoms with Gasteiger partial charge in [0.1, 0.15) is 0 Å². The molecule has 0 aliphatic heterocycles. The van der Waals surface area contributed by atoms with Gasteiger partial charge in [-0.15, -0.1) is 0 Å². The third kappa shape index (κ3) is 6.40. The van der Waals surface area contributed by atoms with Crippen LogP contribution in [0.1, 0.15) is 66.2 Å². The van der Waals surface area contributed by atoms with Crippen LogP contribution in [0.3, 0.4) is 0 Å². The fourth-order valence-electron chi connectivity index (χ4n) is 2.58. The van der Waals surface area contributed by atoms with Crippen molar-refractivity contribution in [2.45, 2.75) is 77.8 Å². The van der Waals surface area contributed by atoms with Crippen LogP contribution in [0.5, 0.6) is 0 Å². The lowest BCUT2D eigenvalue weighted by Gasteiger charge is -2.41. The molecule has 1 fully saturated rings. The summed E-state index contributed by atoms with van der Waals surface area (Å²) in [5.74, 6) is 0. The third-order valence-corrected chi connectivity index (χ3v) is 4.64. The predicted octanol–water partition coefficient (Wildman–Crippen LogP) is 4.33. The van der Waals surface area contributed by atoms with E-state index in [0.717, 1.165) is 16.9 Å². The van der Waals surface area contributed by atoms with Gasteiger partial charge in [0, 0.05) is 12.0 Å². The number of nitrogens with one attached hydrogen (secondary N) is 1. The van der Waals surface area contributed by atoms with Crippen LogP contribution in [0, 0.1) is 0 Å². The highest BCUT2D eigenvalue weighted by Gasteiger charge is 2.31. The van der Waals surface area contributed by atoms with Gasteiger partial charge in [0.15, 0.2) is 0 Å². The molecule has 0 bridgehead atoms. The minimum atomic E-state index is 0.0474. The molecule has 0 saturated heterocycles. The summed E-state index contributed by atoms with van der Waals surface area (Å²) >= 11 is 5.75. The summed E-state index contributed by atoms with van der Waals surface area (Å²) in [4.78, 5) is 2.88. The molecule has 0 atom stereocenters. The predicted molar refractivity (Wildman–Crippen MR) is 82.9 cm³/mol. The smallest absolute Gasteiger partial charge is 0.0886 e. The molecule has 1 saturated carbocycles. The largest absolute Gasteiger partial charge is 0.326 e. The number of quaternary nitrogens is 1. The minimum Gasteiger partial charge on any atom is -0.326 e. The van der Waals surface area contributed by atoms with Crippen LogP contribution in [0.15, 0.2) is 0 Å². The van der Waals surface area contributed by atoms with E-state index in [9.17, 15) is 0 Å². The van der Waals surface area contributed by atoms with Gasteiger partial charge in [0.2, 0.25) is 0 Å². The monoisotopic (exact) mass is 277 g/mol. The second kappa shape index (κ2) is 8.39. The molecule has 3 heteroatoms. The SMILES string of the molecule is CC.CC(C)(CC[N+](C)(C)C1CCCCC1)NCl. The number of hydrogen-bond acceptors (Lipinski definition) is 1. The van der Waals surface area contributed by atoms with Gasteiger partial charge in [0.25, 0.3) is 0 Å². The van der Waals surface area contributed by atoms with Crippen molar-refractivity contribution >= 4 is 11.8 Å². The van der Waals surface area contributed by atoms with Crippen molar-refractivity contribution in [1.29, 1.82) is 0 Å². The van der Waals surface area contributed by atoms with Crippen LogP contribution in [0.25, 0.3) is 0 Å². The highest BCUT2D eigenvalue weighted by Crippen LogP contribution is 2.26. The van der Waals surface area contributed by atoms with E-state index < -0.39 is 0 Å². The van der Waals surface area contributed by atoms with Crippen LogP contribution < -0.4 is 4.84 Å². The summed E-state index contributed by atoms with van der Waals surface area (Å²) in [5, 5.41) is 0. The second-order valence-corrected chi connectivity index (χ2v) is 6.71. The Hall–Kier alpha value is 0.210. The molecule has 0 heterocycles. The Labute approximate surface area is 120 Å². The fourth-order valence-corrected chi connectivity index (χ4v) is 2.67. The van der Waals surface area contributed by atoms with Gasteiger partial charge < -0.3 is 4.48 Å². The molecule has 1 aliphatic carbocycles. The molecule has 0 amide bonds. The van der Waals surface area contributed by atoms with E-state index in [4.69, 9.17) is 11.8 Å². The first kappa shape index (κ1) is 18.2. The molecular formula is C15H34ClN2+. The van der Waals surface area contributed by atoms with E-state index in [1.807, 2.05) is 13.8 Å². The summed E-state index contributed by atoms with van der Waals surface area (Å²) < 4.78 is 1.15. The third-order valence-electron chi connectivity index (χ3n) is 4.13. The van der Waals surface area contributed by atoms with Crippen molar-refractivity contribution in [3.05, 3.63) is 0 Å². The maximum Gasteiger partial charge on any atom is 0.0886 e. The van der Waals surface area contributed by atoms with Gasteiger partial charge in [-0.05, 0) is 51.3 Å². The molecule has 110 valence electrons.